The van der Waals surface area contributed by atoms with Crippen LogP contribution in [0.1, 0.15) is 123 Å². The smallest absolute Gasteiger partial charge is 0.306 e. The first-order chi connectivity index (χ1) is 27.4. The molecule has 0 rings (SSSR count). The van der Waals surface area contributed by atoms with Gasteiger partial charge in [0.05, 0.1) is 33.9 Å². The van der Waals surface area contributed by atoms with Crippen molar-refractivity contribution in [3.05, 3.63) is 97.2 Å². The van der Waals surface area contributed by atoms with Gasteiger partial charge < -0.3 is 33.0 Å². The van der Waals surface area contributed by atoms with Gasteiger partial charge in [-0.25, -0.2) is 0 Å². The summed E-state index contributed by atoms with van der Waals surface area (Å²) in [6.45, 7) is 3.67. The van der Waals surface area contributed by atoms with E-state index in [1.54, 1.807) is 0 Å². The zero-order valence-electron chi connectivity index (χ0n) is 35.8. The van der Waals surface area contributed by atoms with E-state index in [9.17, 15) is 24.2 Å². The Balaban J connectivity index is 4.59. The molecule has 0 fully saturated rings. The van der Waals surface area contributed by atoms with Crippen molar-refractivity contribution in [1.29, 1.82) is 0 Å². The molecule has 0 saturated carbocycles. The van der Waals surface area contributed by atoms with E-state index < -0.39 is 32.5 Å². The number of carbonyl (C=O) groups excluding carboxylic acids is 2. The number of hydrogen-bond acceptors (Lipinski definition) is 9. The molecule has 0 radical (unpaired) electrons. The van der Waals surface area contributed by atoms with Crippen LogP contribution in [0.5, 0.6) is 0 Å². The third kappa shape index (κ3) is 40.9. The Hall–Kier alpha value is -3.11. The van der Waals surface area contributed by atoms with Crippen molar-refractivity contribution in [2.75, 3.05) is 47.5 Å². The highest BCUT2D eigenvalue weighted by Crippen LogP contribution is 2.38. The highest BCUT2D eigenvalue weighted by atomic mass is 31.2. The Morgan fingerprint density at radius 2 is 1.11 bits per heavy atom. The highest BCUT2D eigenvalue weighted by molar-refractivity contribution is 7.45. The third-order valence-corrected chi connectivity index (χ3v) is 9.22. The number of quaternary nitrogens is 1. The lowest BCUT2D eigenvalue weighted by Gasteiger charge is -2.28. The Morgan fingerprint density at radius 3 is 1.61 bits per heavy atom. The molecule has 0 aliphatic heterocycles. The van der Waals surface area contributed by atoms with Crippen LogP contribution in [0, 0.1) is 0 Å². The van der Waals surface area contributed by atoms with E-state index in [1.165, 1.54) is 0 Å². The number of aliphatic hydroxyl groups is 1. The minimum Gasteiger partial charge on any atom is -0.756 e. The minimum absolute atomic E-state index is 0.0598. The normalized spacial score (nSPS) is 15.1. The topological polar surface area (TPSA) is 131 Å². The number of likely N-dealkylation sites (N-methyl/N-ethyl adjacent to an activating group) is 1. The fourth-order valence-electron chi connectivity index (χ4n) is 4.79. The number of nitrogens with zero attached hydrogens (tertiary/aromatic N) is 1. The summed E-state index contributed by atoms with van der Waals surface area (Å²) in [7, 11) is 1.07. The van der Waals surface area contributed by atoms with Crippen molar-refractivity contribution in [2.24, 2.45) is 0 Å². The van der Waals surface area contributed by atoms with Gasteiger partial charge in [-0.05, 0) is 96.3 Å². The van der Waals surface area contributed by atoms with Crippen LogP contribution in [-0.2, 0) is 32.7 Å². The van der Waals surface area contributed by atoms with Crippen molar-refractivity contribution >= 4 is 19.8 Å². The molecule has 3 atom stereocenters. The van der Waals surface area contributed by atoms with Crippen molar-refractivity contribution in [3.63, 3.8) is 0 Å². The number of phosphoric ester groups is 1. The molecule has 0 aromatic heterocycles. The summed E-state index contributed by atoms with van der Waals surface area (Å²) >= 11 is 0. The number of unbranched alkanes of at least 4 members (excludes halogenated alkanes) is 3. The highest BCUT2D eigenvalue weighted by Gasteiger charge is 2.21. The molecule has 0 saturated heterocycles. The summed E-state index contributed by atoms with van der Waals surface area (Å²) in [6.07, 6.45) is 45.3. The first kappa shape index (κ1) is 53.9. The van der Waals surface area contributed by atoms with Gasteiger partial charge in [-0.2, -0.15) is 0 Å². The van der Waals surface area contributed by atoms with Crippen LogP contribution in [-0.4, -0.2) is 81.2 Å². The number of hydrogen-bond donors (Lipinski definition) is 1. The maximum Gasteiger partial charge on any atom is 0.306 e. The summed E-state index contributed by atoms with van der Waals surface area (Å²) in [5.74, 6) is -0.980. The molecule has 324 valence electrons. The minimum atomic E-state index is -4.66. The van der Waals surface area contributed by atoms with E-state index >= 15 is 0 Å². The fourth-order valence-corrected chi connectivity index (χ4v) is 5.52. The monoisotopic (exact) mass is 818 g/mol. The standard InChI is InChI=1S/C46H76NO9P/c1-6-8-9-10-11-12-13-14-15-19-22-25-28-31-34-37-45(49)53-41-44(42-55-57(51,52)54-40-39-47(3,4)5)56-46(50)38-35-32-29-26-23-20-17-16-18-21-24-27-30-33-36-43(48)7-2/h8-9,11-12,14-15,17-18,20-22,25-27,29-30,43-44,48H,6-7,10,13,16,19,23-24,28,31-42H2,1-5H3/b9-8-,12-11-,15-14-,20-17-,21-18-,25-22-,29-26-,30-27-/t43-,44-/m1/s1. The second-order valence-electron chi connectivity index (χ2n) is 14.8. The van der Waals surface area contributed by atoms with Crippen LogP contribution in [0.4, 0.5) is 0 Å². The van der Waals surface area contributed by atoms with Crippen molar-refractivity contribution in [1.82, 2.24) is 0 Å². The van der Waals surface area contributed by atoms with Crippen LogP contribution in [0.3, 0.4) is 0 Å². The number of ether oxygens (including phenoxy) is 2. The van der Waals surface area contributed by atoms with Crippen molar-refractivity contribution < 1.29 is 47.2 Å². The van der Waals surface area contributed by atoms with Crippen LogP contribution < -0.4 is 4.89 Å². The van der Waals surface area contributed by atoms with Gasteiger partial charge in [0.2, 0.25) is 0 Å². The van der Waals surface area contributed by atoms with Gasteiger partial charge >= 0.3 is 11.9 Å². The number of rotatable bonds is 36. The Kier molecular flexibility index (Phi) is 35.2. The summed E-state index contributed by atoms with van der Waals surface area (Å²) < 4.78 is 33.7. The number of aliphatic hydroxyl groups excluding tert-OH is 1. The van der Waals surface area contributed by atoms with E-state index in [0.29, 0.717) is 30.3 Å². The van der Waals surface area contributed by atoms with Gasteiger partial charge in [0.25, 0.3) is 7.82 Å². The summed E-state index contributed by atoms with van der Waals surface area (Å²) in [5.41, 5.74) is 0. The SMILES string of the molecule is CC/C=C\C/C=C\C/C=C\C/C=C\CCCCC(=O)OC[C@H](COP(=O)([O-])OCC[N+](C)(C)C)OC(=O)CCC/C=C\C/C=C\C/C=C\C/C=C\CC[C@H](O)CC. The summed E-state index contributed by atoms with van der Waals surface area (Å²) in [6, 6.07) is 0. The summed E-state index contributed by atoms with van der Waals surface area (Å²) in [4.78, 5) is 37.4. The molecule has 1 unspecified atom stereocenters. The van der Waals surface area contributed by atoms with Gasteiger partial charge in [0.15, 0.2) is 6.10 Å². The molecule has 0 amide bonds. The number of phosphoric acid groups is 1. The molecule has 0 aromatic rings. The largest absolute Gasteiger partial charge is 0.756 e. The average Bonchev–Trinajstić information content (AvgIpc) is 3.16. The molecular formula is C46H76NO9P. The second kappa shape index (κ2) is 37.2. The van der Waals surface area contributed by atoms with Crippen molar-refractivity contribution in [3.8, 4) is 0 Å². The van der Waals surface area contributed by atoms with E-state index in [1.807, 2.05) is 40.2 Å². The molecule has 0 bridgehead atoms. The second-order valence-corrected chi connectivity index (χ2v) is 16.2. The average molecular weight is 818 g/mol. The maximum absolute atomic E-state index is 12.6. The van der Waals surface area contributed by atoms with Crippen LogP contribution >= 0.6 is 7.82 Å². The molecule has 0 spiro atoms. The molecular weight excluding hydrogens is 741 g/mol. The third-order valence-electron chi connectivity index (χ3n) is 8.25. The first-order valence-corrected chi connectivity index (χ1v) is 22.5. The molecule has 10 nitrogen and oxygen atoms in total. The molecule has 0 aromatic carbocycles. The molecule has 57 heavy (non-hydrogen) atoms. The van der Waals surface area contributed by atoms with Crippen LogP contribution in [0.25, 0.3) is 0 Å². The number of esters is 2. The molecule has 11 heteroatoms. The molecule has 0 heterocycles. The van der Waals surface area contributed by atoms with Crippen LogP contribution in [0.2, 0.25) is 0 Å². The lowest BCUT2D eigenvalue weighted by molar-refractivity contribution is -0.870. The zero-order chi connectivity index (χ0) is 42.3. The summed E-state index contributed by atoms with van der Waals surface area (Å²) in [5, 5.41) is 9.56. The fraction of sp³-hybridized carbons (Fsp3) is 0.609. The van der Waals surface area contributed by atoms with Gasteiger partial charge in [-0.15, -0.1) is 0 Å². The van der Waals surface area contributed by atoms with Crippen molar-refractivity contribution in [2.45, 2.75) is 135 Å². The lowest BCUT2D eigenvalue weighted by atomic mass is 10.1. The van der Waals surface area contributed by atoms with E-state index in [2.05, 4.69) is 92.0 Å². The lowest BCUT2D eigenvalue weighted by Crippen LogP contribution is -2.37. The van der Waals surface area contributed by atoms with E-state index in [4.69, 9.17) is 18.5 Å². The Labute approximate surface area is 346 Å². The predicted octanol–water partition coefficient (Wildman–Crippen LogP) is 10.1. The van der Waals surface area contributed by atoms with E-state index in [0.717, 1.165) is 77.0 Å². The zero-order valence-corrected chi connectivity index (χ0v) is 36.7. The molecule has 1 N–H and O–H groups in total. The van der Waals surface area contributed by atoms with Crippen LogP contribution in [0.15, 0.2) is 97.2 Å². The first-order valence-electron chi connectivity index (χ1n) is 21.0. The molecule has 0 aliphatic carbocycles. The Bertz CT molecular complexity index is 1310. The van der Waals surface area contributed by atoms with Gasteiger partial charge in [-0.3, -0.25) is 14.2 Å². The van der Waals surface area contributed by atoms with Gasteiger partial charge in [0, 0.05) is 12.8 Å². The van der Waals surface area contributed by atoms with E-state index in [-0.39, 0.29) is 32.2 Å². The molecule has 0 aliphatic rings. The van der Waals surface area contributed by atoms with Gasteiger partial charge in [0.1, 0.15) is 19.8 Å². The predicted molar refractivity (Wildman–Crippen MR) is 232 cm³/mol. The quantitative estimate of drug-likeness (QED) is 0.0216. The number of carbonyl (C=O) groups is 2. The maximum atomic E-state index is 12.6. The Morgan fingerprint density at radius 1 is 0.632 bits per heavy atom. The number of allylic oxidation sites excluding steroid dienone is 16. The van der Waals surface area contributed by atoms with Gasteiger partial charge in [-0.1, -0.05) is 111 Å².